The molecule has 1 aliphatic rings. The van der Waals surface area contributed by atoms with E-state index >= 15 is 0 Å². The summed E-state index contributed by atoms with van der Waals surface area (Å²) in [5, 5.41) is 3.06. The number of hydrogen-bond donors (Lipinski definition) is 1. The molecular weight excluding hydrogens is 346 g/mol. The van der Waals surface area contributed by atoms with Gasteiger partial charge in [0.05, 0.1) is 17.0 Å². The summed E-state index contributed by atoms with van der Waals surface area (Å²) < 4.78 is 0. The van der Waals surface area contributed by atoms with Gasteiger partial charge in [0.2, 0.25) is 0 Å². The zero-order chi connectivity index (χ0) is 19.9. The van der Waals surface area contributed by atoms with Crippen molar-refractivity contribution in [1.82, 2.24) is 15.2 Å². The molecule has 0 bridgehead atoms. The van der Waals surface area contributed by atoms with Crippen molar-refractivity contribution in [3.63, 3.8) is 0 Å². The van der Waals surface area contributed by atoms with E-state index in [9.17, 15) is 4.79 Å². The Labute approximate surface area is 169 Å². The SMILES string of the molecule is Cc1nc(-c2ccccc2)ccc1C(=O)NCCCCN1CC(C)CC(C)C1. The van der Waals surface area contributed by atoms with Gasteiger partial charge in [-0.1, -0.05) is 44.2 Å². The first-order valence-electron chi connectivity index (χ1n) is 10.6. The molecule has 150 valence electrons. The number of likely N-dealkylation sites (tertiary alicyclic amines) is 1. The fourth-order valence-corrected chi connectivity index (χ4v) is 4.30. The second-order valence-electron chi connectivity index (χ2n) is 8.36. The van der Waals surface area contributed by atoms with Crippen LogP contribution in [0.5, 0.6) is 0 Å². The summed E-state index contributed by atoms with van der Waals surface area (Å²) in [6, 6.07) is 13.9. The van der Waals surface area contributed by atoms with Crippen LogP contribution < -0.4 is 5.32 Å². The third-order valence-electron chi connectivity index (χ3n) is 5.53. The molecule has 0 saturated carbocycles. The smallest absolute Gasteiger partial charge is 0.253 e. The van der Waals surface area contributed by atoms with E-state index in [0.29, 0.717) is 5.56 Å². The minimum absolute atomic E-state index is 0.0233. The Morgan fingerprint density at radius 1 is 1.07 bits per heavy atom. The molecule has 2 atom stereocenters. The Morgan fingerprint density at radius 2 is 1.79 bits per heavy atom. The number of aryl methyl sites for hydroxylation is 1. The van der Waals surface area contributed by atoms with Gasteiger partial charge in [-0.25, -0.2) is 0 Å². The van der Waals surface area contributed by atoms with Gasteiger partial charge in [0.1, 0.15) is 0 Å². The largest absolute Gasteiger partial charge is 0.352 e. The van der Waals surface area contributed by atoms with Crippen molar-refractivity contribution in [2.75, 3.05) is 26.2 Å². The van der Waals surface area contributed by atoms with E-state index < -0.39 is 0 Å². The molecule has 2 aromatic rings. The van der Waals surface area contributed by atoms with Crippen LogP contribution in [-0.4, -0.2) is 42.0 Å². The zero-order valence-electron chi connectivity index (χ0n) is 17.4. The van der Waals surface area contributed by atoms with Crippen LogP contribution in [0.25, 0.3) is 11.3 Å². The number of carbonyl (C=O) groups is 1. The summed E-state index contributed by atoms with van der Waals surface area (Å²) in [4.78, 5) is 19.7. The Bertz CT molecular complexity index is 765. The molecule has 0 spiro atoms. The number of nitrogens with one attached hydrogen (secondary N) is 1. The molecule has 1 aromatic heterocycles. The molecular formula is C24H33N3O. The Kier molecular flexibility index (Phi) is 7.21. The van der Waals surface area contributed by atoms with Crippen LogP contribution in [0.1, 0.15) is 49.2 Å². The maximum Gasteiger partial charge on any atom is 0.253 e. The van der Waals surface area contributed by atoms with Crippen molar-refractivity contribution < 1.29 is 4.79 Å². The summed E-state index contributed by atoms with van der Waals surface area (Å²) in [5.41, 5.74) is 3.41. The number of piperidine rings is 1. The summed E-state index contributed by atoms with van der Waals surface area (Å²) in [6.45, 7) is 10.9. The molecule has 4 heteroatoms. The Balaban J connectivity index is 1.44. The monoisotopic (exact) mass is 379 g/mol. The quantitative estimate of drug-likeness (QED) is 0.718. The zero-order valence-corrected chi connectivity index (χ0v) is 17.4. The third kappa shape index (κ3) is 5.65. The normalized spacial score (nSPS) is 20.1. The number of benzene rings is 1. The number of aromatic nitrogens is 1. The highest BCUT2D eigenvalue weighted by Gasteiger charge is 2.21. The van der Waals surface area contributed by atoms with E-state index in [4.69, 9.17) is 0 Å². The number of unbranched alkanes of at least 4 members (excludes halogenated alkanes) is 1. The molecule has 3 rings (SSSR count). The molecule has 28 heavy (non-hydrogen) atoms. The van der Waals surface area contributed by atoms with E-state index in [-0.39, 0.29) is 5.91 Å². The van der Waals surface area contributed by atoms with Crippen LogP contribution >= 0.6 is 0 Å². The van der Waals surface area contributed by atoms with E-state index in [1.54, 1.807) is 0 Å². The molecule has 2 unspecified atom stereocenters. The van der Waals surface area contributed by atoms with Crippen LogP contribution in [0.15, 0.2) is 42.5 Å². The summed E-state index contributed by atoms with van der Waals surface area (Å²) >= 11 is 0. The fraction of sp³-hybridized carbons (Fsp3) is 0.500. The second-order valence-corrected chi connectivity index (χ2v) is 8.36. The minimum atomic E-state index is -0.0233. The Hall–Kier alpha value is -2.20. The van der Waals surface area contributed by atoms with Crippen molar-refractivity contribution in [3.05, 3.63) is 53.7 Å². The van der Waals surface area contributed by atoms with Crippen molar-refractivity contribution in [2.45, 2.75) is 40.0 Å². The Morgan fingerprint density at radius 3 is 2.46 bits per heavy atom. The van der Waals surface area contributed by atoms with Gasteiger partial charge in [-0.3, -0.25) is 9.78 Å². The summed E-state index contributed by atoms with van der Waals surface area (Å²) in [5.74, 6) is 1.58. The van der Waals surface area contributed by atoms with Crippen LogP contribution in [0.2, 0.25) is 0 Å². The summed E-state index contributed by atoms with van der Waals surface area (Å²) in [6.07, 6.45) is 3.49. The molecule has 1 fully saturated rings. The number of hydrogen-bond acceptors (Lipinski definition) is 3. The van der Waals surface area contributed by atoms with E-state index in [1.807, 2.05) is 49.4 Å². The van der Waals surface area contributed by atoms with Crippen LogP contribution in [0, 0.1) is 18.8 Å². The predicted molar refractivity (Wildman–Crippen MR) is 115 cm³/mol. The number of amides is 1. The van der Waals surface area contributed by atoms with Crippen molar-refractivity contribution in [2.24, 2.45) is 11.8 Å². The van der Waals surface area contributed by atoms with Gasteiger partial charge in [0, 0.05) is 25.2 Å². The van der Waals surface area contributed by atoms with Crippen molar-refractivity contribution in [1.29, 1.82) is 0 Å². The lowest BCUT2D eigenvalue weighted by Crippen LogP contribution is -2.39. The van der Waals surface area contributed by atoms with Crippen LogP contribution in [0.3, 0.4) is 0 Å². The first-order valence-corrected chi connectivity index (χ1v) is 10.6. The van der Waals surface area contributed by atoms with Gasteiger partial charge in [0.25, 0.3) is 5.91 Å². The molecule has 1 aromatic carbocycles. The topological polar surface area (TPSA) is 45.2 Å². The number of nitrogens with zero attached hydrogens (tertiary/aromatic N) is 2. The van der Waals surface area contributed by atoms with Gasteiger partial charge in [-0.15, -0.1) is 0 Å². The first-order chi connectivity index (χ1) is 13.5. The van der Waals surface area contributed by atoms with E-state index in [2.05, 4.69) is 29.0 Å². The lowest BCUT2D eigenvalue weighted by atomic mass is 9.92. The average molecular weight is 380 g/mol. The number of rotatable bonds is 7. The summed E-state index contributed by atoms with van der Waals surface area (Å²) in [7, 11) is 0. The molecule has 1 N–H and O–H groups in total. The maximum absolute atomic E-state index is 12.5. The lowest BCUT2D eigenvalue weighted by molar-refractivity contribution is 0.0950. The van der Waals surface area contributed by atoms with Crippen molar-refractivity contribution in [3.8, 4) is 11.3 Å². The van der Waals surface area contributed by atoms with Gasteiger partial charge in [-0.05, 0) is 56.7 Å². The highest BCUT2D eigenvalue weighted by molar-refractivity contribution is 5.95. The molecule has 1 aliphatic heterocycles. The van der Waals surface area contributed by atoms with Gasteiger partial charge >= 0.3 is 0 Å². The molecule has 1 amide bonds. The van der Waals surface area contributed by atoms with Gasteiger partial charge in [0.15, 0.2) is 0 Å². The molecule has 1 saturated heterocycles. The third-order valence-corrected chi connectivity index (χ3v) is 5.53. The maximum atomic E-state index is 12.5. The van der Waals surface area contributed by atoms with Crippen LogP contribution in [-0.2, 0) is 0 Å². The minimum Gasteiger partial charge on any atom is -0.352 e. The molecule has 2 heterocycles. The first kappa shape index (κ1) is 20.5. The van der Waals surface area contributed by atoms with Gasteiger partial charge < -0.3 is 10.2 Å². The van der Waals surface area contributed by atoms with Crippen molar-refractivity contribution >= 4 is 5.91 Å². The van der Waals surface area contributed by atoms with E-state index in [1.165, 1.54) is 19.5 Å². The molecule has 4 nitrogen and oxygen atoms in total. The van der Waals surface area contributed by atoms with Crippen LogP contribution in [0.4, 0.5) is 0 Å². The fourth-order valence-electron chi connectivity index (χ4n) is 4.30. The number of pyridine rings is 1. The highest BCUT2D eigenvalue weighted by Crippen LogP contribution is 2.21. The second kappa shape index (κ2) is 9.83. The lowest BCUT2D eigenvalue weighted by Gasteiger charge is -2.34. The van der Waals surface area contributed by atoms with E-state index in [0.717, 1.165) is 54.7 Å². The predicted octanol–water partition coefficient (Wildman–Crippen LogP) is 4.54. The van der Waals surface area contributed by atoms with Gasteiger partial charge in [-0.2, -0.15) is 0 Å². The average Bonchev–Trinajstić information content (AvgIpc) is 2.67. The number of carbonyl (C=O) groups excluding carboxylic acids is 1. The molecule has 0 radical (unpaired) electrons. The standard InChI is InChI=1S/C24H33N3O/c1-18-15-19(2)17-27(16-18)14-8-7-13-25-24(28)22-11-12-23(26-20(22)3)21-9-5-4-6-10-21/h4-6,9-12,18-19H,7-8,13-17H2,1-3H3,(H,25,28). The molecule has 0 aliphatic carbocycles. The highest BCUT2D eigenvalue weighted by atomic mass is 16.1.